The number of hydrogen-bond acceptors (Lipinski definition) is 10. The van der Waals surface area contributed by atoms with Crippen molar-refractivity contribution in [2.24, 2.45) is 23.7 Å². The summed E-state index contributed by atoms with van der Waals surface area (Å²) in [4.78, 5) is 8.98. The highest BCUT2D eigenvalue weighted by atomic mass is 127. The molecule has 69 heavy (non-hydrogen) atoms. The van der Waals surface area contributed by atoms with Gasteiger partial charge in [-0.2, -0.15) is 0 Å². The van der Waals surface area contributed by atoms with Gasteiger partial charge in [0.15, 0.2) is 24.1 Å². The van der Waals surface area contributed by atoms with Crippen LogP contribution in [-0.2, 0) is 32.0 Å². The summed E-state index contributed by atoms with van der Waals surface area (Å²) in [7, 11) is 0. The minimum atomic E-state index is -0.161. The van der Waals surface area contributed by atoms with E-state index >= 15 is 0 Å². The highest BCUT2D eigenvalue weighted by molar-refractivity contribution is 14.1. The van der Waals surface area contributed by atoms with Crippen LogP contribution in [0.1, 0.15) is 140 Å². The second kappa shape index (κ2) is 26.2. The van der Waals surface area contributed by atoms with E-state index in [-0.39, 0.29) is 36.9 Å². The van der Waals surface area contributed by atoms with E-state index in [1.54, 1.807) is 12.4 Å². The summed E-state index contributed by atoms with van der Waals surface area (Å²) in [5.74, 6) is 15.6. The zero-order valence-corrected chi connectivity index (χ0v) is 41.8. The molecule has 2 saturated carbocycles. The first kappa shape index (κ1) is 53.3. The van der Waals surface area contributed by atoms with Gasteiger partial charge >= 0.3 is 0 Å². The first-order valence-corrected chi connectivity index (χ1v) is 25.0. The van der Waals surface area contributed by atoms with Crippen molar-refractivity contribution in [3.8, 4) is 46.8 Å². The highest BCUT2D eigenvalue weighted by Crippen LogP contribution is 2.33. The molecular formula is C55H68FIN6O6. The Labute approximate surface area is 421 Å². The van der Waals surface area contributed by atoms with Crippen LogP contribution in [0.2, 0.25) is 0 Å². The lowest BCUT2D eigenvalue weighted by Gasteiger charge is -2.27. The monoisotopic (exact) mass is 1050 g/mol. The van der Waals surface area contributed by atoms with Crippen molar-refractivity contribution < 1.29 is 32.7 Å². The molecule has 0 amide bonds. The Kier molecular flexibility index (Phi) is 20.2. The van der Waals surface area contributed by atoms with Gasteiger partial charge in [0, 0.05) is 82.2 Å². The molecule has 4 aliphatic rings. The molecule has 6 aromatic rings. The summed E-state index contributed by atoms with van der Waals surface area (Å²) >= 11 is 2.29. The van der Waals surface area contributed by atoms with E-state index in [0.717, 1.165) is 115 Å². The molecule has 4 atom stereocenters. The van der Waals surface area contributed by atoms with E-state index in [2.05, 4.69) is 91.2 Å². The third kappa shape index (κ3) is 15.2. The number of ether oxygens (including phenoxy) is 4. The normalized spacial score (nSPS) is 22.4. The Morgan fingerprint density at radius 2 is 1.16 bits per heavy atom. The van der Waals surface area contributed by atoms with E-state index in [0.29, 0.717) is 24.9 Å². The van der Waals surface area contributed by atoms with E-state index in [1.807, 2.05) is 79.3 Å². The largest absolute Gasteiger partial charge is 0.356 e. The summed E-state index contributed by atoms with van der Waals surface area (Å²) in [6.45, 7) is 11.2. The molecule has 6 heterocycles. The lowest BCUT2D eigenvalue weighted by atomic mass is 9.76. The first-order valence-electron chi connectivity index (χ1n) is 24.0. The number of rotatable bonds is 12. The van der Waals surface area contributed by atoms with Crippen LogP contribution in [0.3, 0.4) is 0 Å². The van der Waals surface area contributed by atoms with Crippen LogP contribution >= 0.6 is 22.6 Å². The van der Waals surface area contributed by atoms with Gasteiger partial charge in [-0.1, -0.05) is 55.6 Å². The Morgan fingerprint density at radius 1 is 0.696 bits per heavy atom. The van der Waals surface area contributed by atoms with Crippen molar-refractivity contribution in [3.05, 3.63) is 118 Å². The van der Waals surface area contributed by atoms with E-state index < -0.39 is 0 Å². The molecule has 0 radical (unpaired) electrons. The number of nitrogens with zero attached hydrogens (tertiary/aromatic N) is 6. The maximum atomic E-state index is 6.09. The van der Waals surface area contributed by atoms with Crippen LogP contribution < -0.4 is 0 Å². The molecule has 12 nitrogen and oxygen atoms in total. The fourth-order valence-electron chi connectivity index (χ4n) is 8.81. The van der Waals surface area contributed by atoms with Gasteiger partial charge in [-0.05, 0) is 149 Å². The van der Waals surface area contributed by atoms with Crippen LogP contribution in [0.4, 0.5) is 4.70 Å². The average Bonchev–Trinajstić information content (AvgIpc) is 4.18. The van der Waals surface area contributed by atoms with E-state index in [4.69, 9.17) is 34.4 Å². The fraction of sp³-hybridized carbons (Fsp3) is 0.491. The van der Waals surface area contributed by atoms with Gasteiger partial charge in [0.25, 0.3) is 0 Å². The standard InChI is InChI=1S/C27H31N3O3.C20H22IN3O3.C7H10.CH4.FH/c1-19-15-22(16-19)7-6-21-8-10-23(11-9-21)25-17-24(29-33-25)18-30-13-12-28-27(30)20(2)32-26-5-3-4-14-31-26;1-14(26-19-4-2-3-11-25-19)20-22-9-10-24(20)13-17-12-18(27-23-17)15-5-7-16(21)8-6-15;1-3-7-4-6(2)5-7;;/h8-13,17,19-20,22,26H,3-5,14-16,18H2,1-2H3;5-10,12,14,19H,2-4,11,13H2,1H3;1,6-7H,4-5H2,2H3;1H4;1H/t19?,20-,22?,26?;14-,19?;;;/m00.../s1. The third-order valence-electron chi connectivity index (χ3n) is 12.7. The minimum absolute atomic E-state index is 0. The Hall–Kier alpha value is -5.10. The van der Waals surface area contributed by atoms with Crippen LogP contribution in [0.5, 0.6) is 0 Å². The van der Waals surface area contributed by atoms with Gasteiger partial charge in [0.2, 0.25) is 0 Å². The van der Waals surface area contributed by atoms with Crippen molar-refractivity contribution in [1.82, 2.24) is 29.4 Å². The number of terminal acetylenes is 1. The average molecular weight is 1060 g/mol. The summed E-state index contributed by atoms with van der Waals surface area (Å²) in [5.41, 5.74) is 4.74. The summed E-state index contributed by atoms with van der Waals surface area (Å²) < 4.78 is 40.0. The third-order valence-corrected chi connectivity index (χ3v) is 13.4. The molecule has 0 bridgehead atoms. The molecule has 0 N–H and O–H groups in total. The van der Waals surface area contributed by atoms with Crippen LogP contribution in [0, 0.1) is 51.4 Å². The van der Waals surface area contributed by atoms with E-state index in [1.165, 1.54) is 29.3 Å². The second-order valence-corrected chi connectivity index (χ2v) is 19.7. The van der Waals surface area contributed by atoms with Crippen molar-refractivity contribution >= 4 is 22.6 Å². The van der Waals surface area contributed by atoms with Crippen LogP contribution in [0.15, 0.2) is 94.5 Å². The maximum absolute atomic E-state index is 6.09. The number of halogens is 2. The molecular weight excluding hydrogens is 987 g/mol. The van der Waals surface area contributed by atoms with Crippen molar-refractivity contribution in [3.63, 3.8) is 0 Å². The fourth-order valence-corrected chi connectivity index (χ4v) is 9.17. The summed E-state index contributed by atoms with van der Waals surface area (Å²) in [6.07, 6.45) is 23.4. The smallest absolute Gasteiger partial charge is 0.167 e. The second-order valence-electron chi connectivity index (χ2n) is 18.4. The zero-order valence-electron chi connectivity index (χ0n) is 39.6. The Morgan fingerprint density at radius 3 is 1.58 bits per heavy atom. The van der Waals surface area contributed by atoms with Gasteiger partial charge in [-0.25, -0.2) is 9.97 Å². The van der Waals surface area contributed by atoms with Crippen LogP contribution in [-0.4, -0.2) is 55.2 Å². The Balaban J connectivity index is 0.000000196. The maximum Gasteiger partial charge on any atom is 0.167 e. The zero-order chi connectivity index (χ0) is 46.5. The number of benzene rings is 2. The molecule has 14 heteroatoms. The number of imidazole rings is 2. The SMILES string of the molecule is C.C#CC1CC(C)C1.CC1CC(C#Cc2ccc(-c3cc(Cn4ccnc4[C@H](C)OC4CCCCO4)no3)cc2)C1.C[C@H](OC1CCCCO1)c1nccn1Cc1cc(-c2ccc(I)cc2)on1.F. The molecule has 2 aromatic carbocycles. The molecule has 368 valence electrons. The number of hydrogen-bond donors (Lipinski definition) is 0. The Bertz CT molecular complexity index is 2550. The molecule has 4 aromatic heterocycles. The molecule has 0 spiro atoms. The summed E-state index contributed by atoms with van der Waals surface area (Å²) in [5, 5.41) is 8.49. The van der Waals surface area contributed by atoms with Gasteiger partial charge in [0.05, 0.1) is 13.1 Å². The van der Waals surface area contributed by atoms with E-state index in [9.17, 15) is 0 Å². The molecule has 2 aliphatic heterocycles. The lowest BCUT2D eigenvalue weighted by Crippen LogP contribution is -2.24. The van der Waals surface area contributed by atoms with Gasteiger partial charge in [-0.15, -0.1) is 12.3 Å². The summed E-state index contributed by atoms with van der Waals surface area (Å²) in [6, 6.07) is 20.3. The molecule has 2 aliphatic carbocycles. The van der Waals surface area contributed by atoms with Crippen molar-refractivity contribution in [2.45, 2.75) is 137 Å². The van der Waals surface area contributed by atoms with Crippen molar-refractivity contribution in [1.29, 1.82) is 0 Å². The number of aromatic nitrogens is 6. The van der Waals surface area contributed by atoms with Gasteiger partial charge in [0.1, 0.15) is 35.2 Å². The predicted octanol–water partition coefficient (Wildman–Crippen LogP) is 12.8. The molecule has 2 saturated heterocycles. The molecule has 2 unspecified atom stereocenters. The quantitative estimate of drug-likeness (QED) is 0.0864. The molecule has 10 rings (SSSR count). The first-order chi connectivity index (χ1) is 32.6. The predicted molar refractivity (Wildman–Crippen MR) is 274 cm³/mol. The van der Waals surface area contributed by atoms with Crippen LogP contribution in [0.25, 0.3) is 22.6 Å². The minimum Gasteiger partial charge on any atom is -0.356 e. The van der Waals surface area contributed by atoms with Gasteiger partial charge in [-0.3, -0.25) is 4.70 Å². The van der Waals surface area contributed by atoms with Crippen molar-refractivity contribution in [2.75, 3.05) is 13.2 Å². The lowest BCUT2D eigenvalue weighted by molar-refractivity contribution is -0.188. The molecule has 4 fully saturated rings. The van der Waals surface area contributed by atoms with Gasteiger partial charge < -0.3 is 37.1 Å². The topological polar surface area (TPSA) is 125 Å². The highest BCUT2D eigenvalue weighted by Gasteiger charge is 2.25.